The molecule has 3 N–H and O–H groups in total. The number of hydrogen-bond donors (Lipinski definition) is 2. The van der Waals surface area contributed by atoms with Crippen LogP contribution in [0.25, 0.3) is 0 Å². The molecule has 1 aliphatic rings. The average molecular weight is 224 g/mol. The molecule has 0 heterocycles. The Kier molecular flexibility index (Phi) is 3.96. The largest absolute Gasteiger partial charge is 0.405 e. The van der Waals surface area contributed by atoms with Crippen LogP contribution >= 0.6 is 0 Å². The van der Waals surface area contributed by atoms with Crippen molar-refractivity contribution < 1.29 is 18.0 Å². The van der Waals surface area contributed by atoms with Gasteiger partial charge >= 0.3 is 6.18 Å². The van der Waals surface area contributed by atoms with Crippen LogP contribution < -0.4 is 11.1 Å². The van der Waals surface area contributed by atoms with Crippen LogP contribution in [0.4, 0.5) is 13.2 Å². The van der Waals surface area contributed by atoms with E-state index in [0.29, 0.717) is 12.8 Å². The van der Waals surface area contributed by atoms with Crippen molar-refractivity contribution in [1.82, 2.24) is 5.32 Å². The van der Waals surface area contributed by atoms with Crippen molar-refractivity contribution >= 4 is 5.91 Å². The maximum Gasteiger partial charge on any atom is 0.405 e. The summed E-state index contributed by atoms with van der Waals surface area (Å²) < 4.78 is 35.5. The van der Waals surface area contributed by atoms with Crippen molar-refractivity contribution in [1.29, 1.82) is 0 Å². The van der Waals surface area contributed by atoms with E-state index in [4.69, 9.17) is 5.73 Å². The number of alkyl halides is 3. The zero-order chi connectivity index (χ0) is 11.5. The number of nitrogens with two attached hydrogens (primary N) is 1. The summed E-state index contributed by atoms with van der Waals surface area (Å²) in [5.74, 6) is -0.876. The average Bonchev–Trinajstić information content (AvgIpc) is 2.13. The number of halogens is 3. The number of carbonyl (C=O) groups is 1. The van der Waals surface area contributed by atoms with E-state index in [-0.39, 0.29) is 12.0 Å². The van der Waals surface area contributed by atoms with Gasteiger partial charge < -0.3 is 11.1 Å². The molecular weight excluding hydrogens is 209 g/mol. The highest BCUT2D eigenvalue weighted by atomic mass is 19.4. The van der Waals surface area contributed by atoms with E-state index >= 15 is 0 Å². The summed E-state index contributed by atoms with van der Waals surface area (Å²) >= 11 is 0. The summed E-state index contributed by atoms with van der Waals surface area (Å²) in [6, 6.07) is -0.0552. The Morgan fingerprint density at radius 3 is 2.60 bits per heavy atom. The van der Waals surface area contributed by atoms with Crippen LogP contribution in [0.2, 0.25) is 0 Å². The number of hydrogen-bond acceptors (Lipinski definition) is 2. The van der Waals surface area contributed by atoms with Crippen LogP contribution in [0.3, 0.4) is 0 Å². The second-order valence-corrected chi connectivity index (χ2v) is 3.96. The quantitative estimate of drug-likeness (QED) is 0.740. The second-order valence-electron chi connectivity index (χ2n) is 3.96. The molecule has 1 fully saturated rings. The van der Waals surface area contributed by atoms with E-state index in [9.17, 15) is 18.0 Å². The van der Waals surface area contributed by atoms with Gasteiger partial charge in [-0.2, -0.15) is 13.2 Å². The van der Waals surface area contributed by atoms with Gasteiger partial charge in [0.25, 0.3) is 0 Å². The maximum atomic E-state index is 11.8. The van der Waals surface area contributed by atoms with Crippen molar-refractivity contribution in [2.75, 3.05) is 6.54 Å². The molecule has 1 amide bonds. The molecule has 1 saturated carbocycles. The van der Waals surface area contributed by atoms with Gasteiger partial charge in [0, 0.05) is 12.0 Å². The molecule has 0 saturated heterocycles. The predicted molar refractivity (Wildman–Crippen MR) is 49.0 cm³/mol. The Bertz CT molecular complexity index is 230. The molecular formula is C9H15F3N2O. The Balaban J connectivity index is 2.33. The van der Waals surface area contributed by atoms with Gasteiger partial charge in [0.1, 0.15) is 6.54 Å². The first-order chi connectivity index (χ1) is 6.88. The molecule has 2 atom stereocenters. The van der Waals surface area contributed by atoms with Crippen LogP contribution in [0.5, 0.6) is 0 Å². The van der Waals surface area contributed by atoms with Gasteiger partial charge in [-0.05, 0) is 19.3 Å². The lowest BCUT2D eigenvalue weighted by Crippen LogP contribution is -2.41. The molecule has 0 aromatic heterocycles. The van der Waals surface area contributed by atoms with E-state index < -0.39 is 18.6 Å². The molecule has 15 heavy (non-hydrogen) atoms. The zero-order valence-corrected chi connectivity index (χ0v) is 8.31. The van der Waals surface area contributed by atoms with E-state index in [1.54, 1.807) is 0 Å². The summed E-state index contributed by atoms with van der Waals surface area (Å²) in [6.45, 7) is -1.25. The minimum Gasteiger partial charge on any atom is -0.347 e. The Hall–Kier alpha value is -0.780. The molecule has 3 nitrogen and oxygen atoms in total. The summed E-state index contributed by atoms with van der Waals surface area (Å²) in [6.07, 6.45) is -1.55. The van der Waals surface area contributed by atoms with Gasteiger partial charge in [-0.15, -0.1) is 0 Å². The lowest BCUT2D eigenvalue weighted by molar-refractivity contribution is -0.141. The van der Waals surface area contributed by atoms with Crippen LogP contribution in [-0.4, -0.2) is 24.7 Å². The fraction of sp³-hybridized carbons (Fsp3) is 0.889. The minimum absolute atomic E-state index is 0.0552. The first-order valence-corrected chi connectivity index (χ1v) is 4.98. The third-order valence-electron chi connectivity index (χ3n) is 2.55. The standard InChI is InChI=1S/C9H15F3N2O/c10-9(11,12)5-14-8(15)6-2-1-3-7(13)4-6/h6-7H,1-5,13H2,(H,14,15). The topological polar surface area (TPSA) is 55.1 Å². The highest BCUT2D eigenvalue weighted by molar-refractivity contribution is 5.78. The van der Waals surface area contributed by atoms with Crippen LogP contribution in [0.15, 0.2) is 0 Å². The summed E-state index contributed by atoms with van der Waals surface area (Å²) in [5.41, 5.74) is 5.64. The predicted octanol–water partition coefficient (Wildman–Crippen LogP) is 1.18. The molecule has 0 aromatic carbocycles. The third kappa shape index (κ3) is 4.51. The number of nitrogens with one attached hydrogen (secondary N) is 1. The van der Waals surface area contributed by atoms with Gasteiger partial charge in [-0.3, -0.25) is 4.79 Å². The number of carbonyl (C=O) groups excluding carboxylic acids is 1. The van der Waals surface area contributed by atoms with Crippen molar-refractivity contribution in [2.24, 2.45) is 11.7 Å². The molecule has 0 radical (unpaired) electrons. The zero-order valence-electron chi connectivity index (χ0n) is 8.31. The fourth-order valence-electron chi connectivity index (χ4n) is 1.80. The third-order valence-corrected chi connectivity index (χ3v) is 2.55. The van der Waals surface area contributed by atoms with Crippen LogP contribution in [-0.2, 0) is 4.79 Å². The van der Waals surface area contributed by atoms with Crippen molar-refractivity contribution in [3.63, 3.8) is 0 Å². The fourth-order valence-corrected chi connectivity index (χ4v) is 1.80. The molecule has 0 bridgehead atoms. The molecule has 6 heteroatoms. The highest BCUT2D eigenvalue weighted by Gasteiger charge is 2.31. The summed E-state index contributed by atoms with van der Waals surface area (Å²) in [5, 5.41) is 1.89. The van der Waals surface area contributed by atoms with Gasteiger partial charge in [0.05, 0.1) is 0 Å². The smallest absolute Gasteiger partial charge is 0.347 e. The SMILES string of the molecule is NC1CCCC(C(=O)NCC(F)(F)F)C1. The normalized spacial score (nSPS) is 27.5. The lowest BCUT2D eigenvalue weighted by atomic mass is 9.85. The van der Waals surface area contributed by atoms with Gasteiger partial charge in [-0.25, -0.2) is 0 Å². The van der Waals surface area contributed by atoms with Gasteiger partial charge in [-0.1, -0.05) is 6.42 Å². The highest BCUT2D eigenvalue weighted by Crippen LogP contribution is 2.23. The van der Waals surface area contributed by atoms with Gasteiger partial charge in [0.2, 0.25) is 5.91 Å². The Morgan fingerprint density at radius 1 is 1.40 bits per heavy atom. The Labute approximate surface area is 86.2 Å². The van der Waals surface area contributed by atoms with E-state index in [1.807, 2.05) is 5.32 Å². The second kappa shape index (κ2) is 4.83. The van der Waals surface area contributed by atoms with E-state index in [0.717, 1.165) is 12.8 Å². The molecule has 0 spiro atoms. The molecule has 0 aliphatic heterocycles. The number of rotatable bonds is 2. The molecule has 2 unspecified atom stereocenters. The molecule has 1 rings (SSSR count). The monoisotopic (exact) mass is 224 g/mol. The summed E-state index contributed by atoms with van der Waals surface area (Å²) in [4.78, 5) is 11.3. The maximum absolute atomic E-state index is 11.8. The lowest BCUT2D eigenvalue weighted by Gasteiger charge is -2.25. The molecule has 88 valence electrons. The van der Waals surface area contributed by atoms with Crippen molar-refractivity contribution in [2.45, 2.75) is 37.9 Å². The first kappa shape index (κ1) is 12.3. The van der Waals surface area contributed by atoms with Crippen LogP contribution in [0.1, 0.15) is 25.7 Å². The first-order valence-electron chi connectivity index (χ1n) is 4.98. The van der Waals surface area contributed by atoms with Gasteiger partial charge in [0.15, 0.2) is 0 Å². The van der Waals surface area contributed by atoms with Crippen LogP contribution in [0, 0.1) is 5.92 Å². The number of amides is 1. The van der Waals surface area contributed by atoms with Crippen molar-refractivity contribution in [3.8, 4) is 0 Å². The molecule has 1 aliphatic carbocycles. The molecule has 0 aromatic rings. The van der Waals surface area contributed by atoms with E-state index in [1.165, 1.54) is 0 Å². The minimum atomic E-state index is -4.34. The van der Waals surface area contributed by atoms with E-state index in [2.05, 4.69) is 0 Å². The summed E-state index contributed by atoms with van der Waals surface area (Å²) in [7, 11) is 0. The van der Waals surface area contributed by atoms with Crippen molar-refractivity contribution in [3.05, 3.63) is 0 Å². The Morgan fingerprint density at radius 2 is 2.07 bits per heavy atom.